The lowest BCUT2D eigenvalue weighted by molar-refractivity contribution is -0.140. The zero-order valence-corrected chi connectivity index (χ0v) is 14.9. The highest BCUT2D eigenvalue weighted by Gasteiger charge is 2.38. The Morgan fingerprint density at radius 2 is 1.84 bits per heavy atom. The molecule has 2 heterocycles. The molecule has 2 fully saturated rings. The van der Waals surface area contributed by atoms with Crippen molar-refractivity contribution in [2.75, 3.05) is 37.6 Å². The van der Waals surface area contributed by atoms with Gasteiger partial charge in [-0.3, -0.25) is 14.4 Å². The van der Waals surface area contributed by atoms with E-state index in [4.69, 9.17) is 0 Å². The molecule has 0 aliphatic carbocycles. The van der Waals surface area contributed by atoms with Gasteiger partial charge in [0.25, 0.3) is 0 Å². The van der Waals surface area contributed by atoms with Crippen LogP contribution < -0.4 is 4.90 Å². The maximum atomic E-state index is 12.7. The first kappa shape index (κ1) is 17.5. The number of para-hydroxylation sites is 1. The van der Waals surface area contributed by atoms with Crippen LogP contribution in [0.4, 0.5) is 5.69 Å². The Morgan fingerprint density at radius 3 is 2.48 bits per heavy atom. The first-order valence-electron chi connectivity index (χ1n) is 8.87. The van der Waals surface area contributed by atoms with Crippen LogP contribution in [0, 0.1) is 11.8 Å². The van der Waals surface area contributed by atoms with Crippen molar-refractivity contribution in [3.05, 3.63) is 30.3 Å². The van der Waals surface area contributed by atoms with Crippen molar-refractivity contribution in [1.29, 1.82) is 0 Å². The quantitative estimate of drug-likeness (QED) is 0.829. The Kier molecular flexibility index (Phi) is 5.06. The minimum atomic E-state index is -0.317. The predicted molar refractivity (Wildman–Crippen MR) is 94.9 cm³/mol. The molecule has 2 saturated heterocycles. The molecule has 0 radical (unpaired) electrons. The summed E-state index contributed by atoms with van der Waals surface area (Å²) in [4.78, 5) is 42.4. The maximum Gasteiger partial charge on any atom is 0.246 e. The fourth-order valence-corrected chi connectivity index (χ4v) is 3.56. The third kappa shape index (κ3) is 3.83. The second-order valence-corrected chi connectivity index (χ2v) is 7.23. The van der Waals surface area contributed by atoms with E-state index in [0.29, 0.717) is 32.1 Å². The van der Waals surface area contributed by atoms with Gasteiger partial charge in [-0.2, -0.15) is 0 Å². The third-order valence-electron chi connectivity index (χ3n) is 4.75. The summed E-state index contributed by atoms with van der Waals surface area (Å²) in [5, 5.41) is 0. The Labute approximate surface area is 148 Å². The van der Waals surface area contributed by atoms with Crippen molar-refractivity contribution in [2.24, 2.45) is 11.8 Å². The summed E-state index contributed by atoms with van der Waals surface area (Å²) in [6, 6.07) is 9.50. The highest BCUT2D eigenvalue weighted by atomic mass is 16.2. The number of carbonyl (C=O) groups is 3. The number of carbonyl (C=O) groups excluding carboxylic acids is 3. The number of nitrogens with zero attached hydrogens (tertiary/aromatic N) is 3. The van der Waals surface area contributed by atoms with Crippen molar-refractivity contribution in [3.63, 3.8) is 0 Å². The van der Waals surface area contributed by atoms with Crippen LogP contribution in [0.15, 0.2) is 30.3 Å². The average Bonchev–Trinajstić information content (AvgIpc) is 2.95. The van der Waals surface area contributed by atoms with E-state index in [1.165, 1.54) is 0 Å². The van der Waals surface area contributed by atoms with E-state index in [1.807, 2.05) is 30.3 Å². The topological polar surface area (TPSA) is 60.9 Å². The van der Waals surface area contributed by atoms with Crippen molar-refractivity contribution < 1.29 is 14.4 Å². The molecular formula is C19H25N3O3. The summed E-state index contributed by atoms with van der Waals surface area (Å²) in [5.41, 5.74) is 0.860. The van der Waals surface area contributed by atoms with Crippen molar-refractivity contribution in [2.45, 2.75) is 20.3 Å². The van der Waals surface area contributed by atoms with Crippen LogP contribution in [0.5, 0.6) is 0 Å². The summed E-state index contributed by atoms with van der Waals surface area (Å²) in [6.45, 7) is 6.36. The van der Waals surface area contributed by atoms with Gasteiger partial charge < -0.3 is 14.7 Å². The van der Waals surface area contributed by atoms with Gasteiger partial charge in [0.15, 0.2) is 0 Å². The zero-order valence-electron chi connectivity index (χ0n) is 14.9. The number of piperazine rings is 1. The average molecular weight is 343 g/mol. The first-order chi connectivity index (χ1) is 12.0. The number of anilines is 1. The smallest absolute Gasteiger partial charge is 0.246 e. The van der Waals surface area contributed by atoms with Gasteiger partial charge in [-0.15, -0.1) is 0 Å². The van der Waals surface area contributed by atoms with Crippen molar-refractivity contribution >= 4 is 23.4 Å². The predicted octanol–water partition coefficient (Wildman–Crippen LogP) is 1.37. The minimum Gasteiger partial charge on any atom is -0.342 e. The molecule has 0 N–H and O–H groups in total. The Balaban J connectivity index is 1.60. The van der Waals surface area contributed by atoms with Gasteiger partial charge in [0.05, 0.1) is 5.92 Å². The molecule has 3 amide bonds. The van der Waals surface area contributed by atoms with Crippen LogP contribution in [0.25, 0.3) is 0 Å². The van der Waals surface area contributed by atoms with E-state index >= 15 is 0 Å². The normalized spacial score (nSPS) is 21.4. The zero-order chi connectivity index (χ0) is 18.0. The van der Waals surface area contributed by atoms with E-state index in [2.05, 4.69) is 13.8 Å². The molecule has 1 aromatic rings. The van der Waals surface area contributed by atoms with Gasteiger partial charge in [0.1, 0.15) is 6.54 Å². The molecule has 1 atom stereocenters. The fourth-order valence-electron chi connectivity index (χ4n) is 3.56. The molecular weight excluding hydrogens is 318 g/mol. The van der Waals surface area contributed by atoms with Crippen LogP contribution >= 0.6 is 0 Å². The molecule has 0 aromatic heterocycles. The van der Waals surface area contributed by atoms with E-state index < -0.39 is 0 Å². The molecule has 1 aromatic carbocycles. The monoisotopic (exact) mass is 343 g/mol. The van der Waals surface area contributed by atoms with E-state index in [9.17, 15) is 14.4 Å². The highest BCUT2D eigenvalue weighted by Crippen LogP contribution is 2.23. The maximum absolute atomic E-state index is 12.7. The van der Waals surface area contributed by atoms with Gasteiger partial charge in [-0.05, 0) is 18.1 Å². The summed E-state index contributed by atoms with van der Waals surface area (Å²) in [5.74, 6) is -0.0350. The number of benzene rings is 1. The van der Waals surface area contributed by atoms with Gasteiger partial charge in [0, 0.05) is 38.3 Å². The molecule has 2 aliphatic heterocycles. The molecule has 0 bridgehead atoms. The number of hydrogen-bond donors (Lipinski definition) is 0. The highest BCUT2D eigenvalue weighted by molar-refractivity contribution is 5.99. The van der Waals surface area contributed by atoms with Gasteiger partial charge >= 0.3 is 0 Å². The summed E-state index contributed by atoms with van der Waals surface area (Å²) in [7, 11) is 0. The van der Waals surface area contributed by atoms with Crippen LogP contribution in [0.1, 0.15) is 20.3 Å². The SMILES string of the molecule is CC(C)CN1C[C@@H](C(=O)N2CCN(c3ccccc3)C(=O)C2)CC1=O. The van der Waals surface area contributed by atoms with E-state index in [0.717, 1.165) is 5.69 Å². The summed E-state index contributed by atoms with van der Waals surface area (Å²) in [6.07, 6.45) is 0.263. The molecule has 6 heteroatoms. The fraction of sp³-hybridized carbons (Fsp3) is 0.526. The standard InChI is InChI=1S/C19H25N3O3/c1-14(2)11-21-12-15(10-17(21)23)19(25)20-8-9-22(18(24)13-20)16-6-4-3-5-7-16/h3-7,14-15H,8-13H2,1-2H3/t15-/m0/s1. The lowest BCUT2D eigenvalue weighted by atomic mass is 10.1. The molecule has 0 saturated carbocycles. The molecule has 134 valence electrons. The van der Waals surface area contributed by atoms with Gasteiger partial charge in [-0.25, -0.2) is 0 Å². The second-order valence-electron chi connectivity index (χ2n) is 7.23. The lowest BCUT2D eigenvalue weighted by Gasteiger charge is -2.35. The largest absolute Gasteiger partial charge is 0.342 e. The molecule has 6 nitrogen and oxygen atoms in total. The molecule has 0 spiro atoms. The number of amides is 3. The molecule has 25 heavy (non-hydrogen) atoms. The Bertz CT molecular complexity index is 659. The van der Waals surface area contributed by atoms with Crippen LogP contribution in [0.3, 0.4) is 0 Å². The third-order valence-corrected chi connectivity index (χ3v) is 4.75. The van der Waals surface area contributed by atoms with Crippen molar-refractivity contribution in [3.8, 4) is 0 Å². The summed E-state index contributed by atoms with van der Waals surface area (Å²) >= 11 is 0. The molecule has 2 aliphatic rings. The number of likely N-dealkylation sites (tertiary alicyclic amines) is 1. The number of hydrogen-bond acceptors (Lipinski definition) is 3. The molecule has 3 rings (SSSR count). The molecule has 0 unspecified atom stereocenters. The van der Waals surface area contributed by atoms with Crippen LogP contribution in [-0.4, -0.2) is 60.2 Å². The van der Waals surface area contributed by atoms with Gasteiger partial charge in [-0.1, -0.05) is 32.0 Å². The van der Waals surface area contributed by atoms with E-state index in [-0.39, 0.29) is 36.6 Å². The first-order valence-corrected chi connectivity index (χ1v) is 8.87. The van der Waals surface area contributed by atoms with Crippen LogP contribution in [-0.2, 0) is 14.4 Å². The van der Waals surface area contributed by atoms with Crippen LogP contribution in [0.2, 0.25) is 0 Å². The Hall–Kier alpha value is -2.37. The second kappa shape index (κ2) is 7.25. The Morgan fingerprint density at radius 1 is 1.12 bits per heavy atom. The summed E-state index contributed by atoms with van der Waals surface area (Å²) < 4.78 is 0. The van der Waals surface area contributed by atoms with Crippen molar-refractivity contribution in [1.82, 2.24) is 9.80 Å². The minimum absolute atomic E-state index is 0.0429. The van der Waals surface area contributed by atoms with Gasteiger partial charge in [0.2, 0.25) is 17.7 Å². The lowest BCUT2D eigenvalue weighted by Crippen LogP contribution is -2.54. The number of rotatable bonds is 4. The van der Waals surface area contributed by atoms with E-state index in [1.54, 1.807) is 14.7 Å².